The molecule has 7 nitrogen and oxygen atoms in total. The summed E-state index contributed by atoms with van der Waals surface area (Å²) >= 11 is 7.99. The second-order valence-corrected chi connectivity index (χ2v) is 18.4. The third-order valence-corrected chi connectivity index (χ3v) is 15.8. The zero-order valence-corrected chi connectivity index (χ0v) is 32.8. The van der Waals surface area contributed by atoms with Crippen LogP contribution in [0.25, 0.3) is 11.3 Å². The highest BCUT2D eigenvalue weighted by Gasteiger charge is 2.74. The maximum absolute atomic E-state index is 15.0. The number of thiophene rings is 1. The van der Waals surface area contributed by atoms with E-state index in [1.165, 1.54) is 18.2 Å². The first-order valence-corrected chi connectivity index (χ1v) is 20.6. The summed E-state index contributed by atoms with van der Waals surface area (Å²) in [5, 5.41) is 26.0. The minimum Gasteiger partial charge on any atom is -0.453 e. The van der Waals surface area contributed by atoms with E-state index in [4.69, 9.17) is 20.8 Å². The zero-order chi connectivity index (χ0) is 39.2. The van der Waals surface area contributed by atoms with Crippen molar-refractivity contribution in [1.82, 2.24) is 4.90 Å². The quantitative estimate of drug-likeness (QED) is 0.165. The Labute approximate surface area is 328 Å². The van der Waals surface area contributed by atoms with Crippen LogP contribution in [0.1, 0.15) is 86.7 Å². The average molecular weight is 798 g/mol. The van der Waals surface area contributed by atoms with Crippen molar-refractivity contribution in [3.05, 3.63) is 92.9 Å². The molecule has 3 aromatic rings. The van der Waals surface area contributed by atoms with Gasteiger partial charge in [0.1, 0.15) is 5.76 Å². The number of carbonyl (C=O) groups excluding carboxylic acids is 2. The Morgan fingerprint density at radius 3 is 2.51 bits per heavy atom. The van der Waals surface area contributed by atoms with Gasteiger partial charge in [0, 0.05) is 38.8 Å². The number of alkyl halides is 3. The van der Waals surface area contributed by atoms with Crippen LogP contribution in [0.2, 0.25) is 5.02 Å². The monoisotopic (exact) mass is 797 g/mol. The van der Waals surface area contributed by atoms with E-state index in [-0.39, 0.29) is 58.3 Å². The molecule has 1 unspecified atom stereocenters. The number of ether oxygens (including phenoxy) is 1. The van der Waals surface area contributed by atoms with E-state index >= 15 is 4.79 Å². The predicted octanol–water partition coefficient (Wildman–Crippen LogP) is 10.2. The van der Waals surface area contributed by atoms with Crippen molar-refractivity contribution < 1.29 is 42.1 Å². The first-order chi connectivity index (χ1) is 26.0. The Kier molecular flexibility index (Phi) is 9.34. The Hall–Kier alpha value is -3.38. The number of amides is 1. The molecule has 0 aliphatic heterocycles. The first-order valence-electron chi connectivity index (χ1n) is 19.3. The molecule has 3 saturated carbocycles. The van der Waals surface area contributed by atoms with Gasteiger partial charge in [0.25, 0.3) is 0 Å². The first kappa shape index (κ1) is 38.5. The molecule has 3 fully saturated rings. The summed E-state index contributed by atoms with van der Waals surface area (Å²) < 4.78 is 52.6. The lowest BCUT2D eigenvalue weighted by atomic mass is 9.32. The van der Waals surface area contributed by atoms with E-state index in [0.29, 0.717) is 50.6 Å². The third-order valence-electron chi connectivity index (χ3n) is 14.5. The van der Waals surface area contributed by atoms with Gasteiger partial charge in [-0.2, -0.15) is 13.2 Å². The minimum atomic E-state index is -4.60. The second-order valence-electron chi connectivity index (χ2n) is 16.9. The Bertz CT molecular complexity index is 2060. The van der Waals surface area contributed by atoms with Gasteiger partial charge < -0.3 is 24.3 Å². The van der Waals surface area contributed by atoms with Gasteiger partial charge in [-0.1, -0.05) is 49.7 Å². The van der Waals surface area contributed by atoms with Crippen LogP contribution in [0.4, 0.5) is 18.0 Å². The minimum absolute atomic E-state index is 0.00853. The maximum atomic E-state index is 15.0. The zero-order valence-electron chi connectivity index (χ0n) is 31.3. The van der Waals surface area contributed by atoms with Crippen molar-refractivity contribution >= 4 is 34.8 Å². The number of allylic oxidation sites excluding steroid dienone is 4. The van der Waals surface area contributed by atoms with Crippen molar-refractivity contribution in [2.24, 2.45) is 33.5 Å². The van der Waals surface area contributed by atoms with Crippen LogP contribution in [0.15, 0.2) is 76.1 Å². The fourth-order valence-corrected chi connectivity index (χ4v) is 12.6. The maximum Gasteiger partial charge on any atom is 0.416 e. The molecule has 2 heterocycles. The van der Waals surface area contributed by atoms with E-state index < -0.39 is 45.8 Å². The van der Waals surface area contributed by atoms with Crippen molar-refractivity contribution in [2.75, 3.05) is 19.7 Å². The molecule has 9 rings (SSSR count). The summed E-state index contributed by atoms with van der Waals surface area (Å²) in [5.41, 5.74) is -3.96. The van der Waals surface area contributed by atoms with E-state index in [2.05, 4.69) is 32.1 Å². The fourth-order valence-electron chi connectivity index (χ4n) is 11.7. The molecule has 6 aliphatic rings. The Morgan fingerprint density at radius 2 is 1.78 bits per heavy atom. The molecule has 12 heteroatoms. The number of hydrogen-bond acceptors (Lipinski definition) is 7. The molecule has 2 N–H and O–H groups in total. The van der Waals surface area contributed by atoms with Gasteiger partial charge in [-0.15, -0.1) is 11.3 Å². The largest absolute Gasteiger partial charge is 0.453 e. The number of hydrogen-bond donors (Lipinski definition) is 2. The normalized spacial score (nSPS) is 34.8. The van der Waals surface area contributed by atoms with Crippen LogP contribution in [-0.2, 0) is 17.3 Å². The SMILES string of the molecule is CCOC(=O)N(CCc1cccs1)C[C@]1(O)CC[C@H]2[C@]34C=C[C@@]5(C=C3C(=O)c3ccc(-c6cc(C(F)(F)F)ccc6Cl)o3)CC(O)CC[C@]5(C)[C@H]4CC[C@@]21C. The van der Waals surface area contributed by atoms with Crippen molar-refractivity contribution in [2.45, 2.75) is 90.0 Å². The number of Topliss-reactive ketones (excluding diaryl/α,β-unsaturated/α-hetero) is 1. The Balaban J connectivity index is 1.19. The number of aliphatic hydroxyl groups excluding tert-OH is 1. The van der Waals surface area contributed by atoms with Crippen LogP contribution in [-0.4, -0.2) is 58.4 Å². The summed E-state index contributed by atoms with van der Waals surface area (Å²) in [7, 11) is 0. The highest BCUT2D eigenvalue weighted by Crippen LogP contribution is 2.78. The summed E-state index contributed by atoms with van der Waals surface area (Å²) in [6.07, 6.45) is 5.80. The molecule has 0 radical (unpaired) electrons. The molecule has 2 bridgehead atoms. The molecule has 8 atom stereocenters. The molecular formula is C43H47ClF3NO6S. The van der Waals surface area contributed by atoms with Gasteiger partial charge in [0.2, 0.25) is 5.78 Å². The van der Waals surface area contributed by atoms with Crippen molar-refractivity contribution in [3.63, 3.8) is 0 Å². The van der Waals surface area contributed by atoms with Gasteiger partial charge in [0.05, 0.1) is 35.4 Å². The molecule has 294 valence electrons. The van der Waals surface area contributed by atoms with Crippen molar-refractivity contribution in [1.29, 1.82) is 0 Å². The van der Waals surface area contributed by atoms with Crippen LogP contribution in [0, 0.1) is 33.5 Å². The number of benzene rings is 1. The van der Waals surface area contributed by atoms with Crippen LogP contribution in [0.5, 0.6) is 0 Å². The summed E-state index contributed by atoms with van der Waals surface area (Å²) in [6, 6.07) is 9.98. The predicted molar refractivity (Wildman–Crippen MR) is 204 cm³/mol. The smallest absolute Gasteiger partial charge is 0.416 e. The topological polar surface area (TPSA) is 100 Å². The van der Waals surface area contributed by atoms with E-state index in [1.807, 2.05) is 17.5 Å². The lowest BCUT2D eigenvalue weighted by Crippen LogP contribution is -2.67. The molecule has 1 aromatic carbocycles. The van der Waals surface area contributed by atoms with Gasteiger partial charge >= 0.3 is 12.3 Å². The lowest BCUT2D eigenvalue weighted by molar-refractivity contribution is -0.175. The number of nitrogens with zero attached hydrogens (tertiary/aromatic N) is 1. The van der Waals surface area contributed by atoms with Gasteiger partial charge in [-0.25, -0.2) is 4.79 Å². The summed E-state index contributed by atoms with van der Waals surface area (Å²) in [5.74, 6) is -0.512. The molecule has 6 aliphatic carbocycles. The number of furan rings is 1. The third kappa shape index (κ3) is 5.80. The van der Waals surface area contributed by atoms with E-state index in [1.54, 1.807) is 23.2 Å². The van der Waals surface area contributed by atoms with E-state index in [0.717, 1.165) is 29.9 Å². The number of ketones is 1. The van der Waals surface area contributed by atoms with E-state index in [9.17, 15) is 28.2 Å². The van der Waals surface area contributed by atoms with Gasteiger partial charge in [0.15, 0.2) is 5.76 Å². The molecule has 1 amide bonds. The highest BCUT2D eigenvalue weighted by molar-refractivity contribution is 7.09. The molecule has 2 spiro atoms. The highest BCUT2D eigenvalue weighted by atomic mass is 35.5. The summed E-state index contributed by atoms with van der Waals surface area (Å²) in [4.78, 5) is 31.2. The lowest BCUT2D eigenvalue weighted by Gasteiger charge is -2.71. The number of carbonyl (C=O) groups is 2. The number of rotatable bonds is 9. The van der Waals surface area contributed by atoms with Gasteiger partial charge in [-0.05, 0) is 117 Å². The molecule has 2 aromatic heterocycles. The molecular weight excluding hydrogens is 751 g/mol. The number of fused-ring (bicyclic) bond motifs is 1. The Morgan fingerprint density at radius 1 is 1.04 bits per heavy atom. The number of halogens is 4. The number of aliphatic hydroxyl groups is 2. The van der Waals surface area contributed by atoms with Crippen LogP contribution in [0.3, 0.4) is 0 Å². The molecule has 55 heavy (non-hydrogen) atoms. The molecule has 0 saturated heterocycles. The van der Waals surface area contributed by atoms with Crippen molar-refractivity contribution in [3.8, 4) is 11.3 Å². The van der Waals surface area contributed by atoms with Crippen LogP contribution < -0.4 is 0 Å². The standard InChI is InChI=1S/C43H47ClF3NO6S/c1-4-53-37(51)48(20-14-28-6-5-21-55-28)25-41(52)17-13-35-39(41,3)16-12-34-38(2)15-11-27(49)23-40(38)18-19-42(34,35)30(24-40)36(50)33-10-9-32(54-33)29-22-26(43(45,46)47)7-8-31(29)44/h5-10,18-19,21-22,24,27,34-35,49,52H,4,11-17,20,23,25H2,1-3H3/t27?,34-,35-,38-,39+,40+,41-,42-/m1/s1. The summed E-state index contributed by atoms with van der Waals surface area (Å²) in [6.45, 7) is 6.85. The second kappa shape index (κ2) is 13.4. The average Bonchev–Trinajstić information content (AvgIpc) is 3.90. The van der Waals surface area contributed by atoms with Gasteiger partial charge in [-0.3, -0.25) is 4.79 Å². The van der Waals surface area contributed by atoms with Crippen LogP contribution >= 0.6 is 22.9 Å². The fraction of sp³-hybridized carbons (Fsp3) is 0.535.